The molecule has 1 aliphatic carbocycles. The first-order valence-corrected chi connectivity index (χ1v) is 5.31. The highest BCUT2D eigenvalue weighted by atomic mass is 16.5. The molecule has 0 spiro atoms. The standard InChI is InChI=1S/C10H19NO3/c11-9(6-3-7-12)10(13)14-8-4-1-2-5-8/h8-9,12H,1-7,11H2. The fourth-order valence-electron chi connectivity index (χ4n) is 1.69. The van der Waals surface area contributed by atoms with E-state index in [1.165, 1.54) is 0 Å². The number of aliphatic hydroxyl groups excluding tert-OH is 1. The summed E-state index contributed by atoms with van der Waals surface area (Å²) >= 11 is 0. The van der Waals surface area contributed by atoms with Crippen molar-refractivity contribution in [2.75, 3.05) is 6.61 Å². The number of hydrogen-bond acceptors (Lipinski definition) is 4. The molecule has 4 heteroatoms. The van der Waals surface area contributed by atoms with E-state index in [9.17, 15) is 4.79 Å². The zero-order valence-corrected chi connectivity index (χ0v) is 8.45. The first-order valence-electron chi connectivity index (χ1n) is 5.31. The molecular formula is C10H19NO3. The lowest BCUT2D eigenvalue weighted by Gasteiger charge is -2.15. The molecule has 1 fully saturated rings. The van der Waals surface area contributed by atoms with Crippen molar-refractivity contribution in [1.29, 1.82) is 0 Å². The molecule has 0 heterocycles. The number of carbonyl (C=O) groups excluding carboxylic acids is 1. The van der Waals surface area contributed by atoms with Gasteiger partial charge in [-0.05, 0) is 38.5 Å². The summed E-state index contributed by atoms with van der Waals surface area (Å²) in [6.07, 6.45) is 5.37. The maximum Gasteiger partial charge on any atom is 0.323 e. The van der Waals surface area contributed by atoms with E-state index in [-0.39, 0.29) is 18.7 Å². The van der Waals surface area contributed by atoms with Crippen molar-refractivity contribution in [3.8, 4) is 0 Å². The second-order valence-electron chi connectivity index (χ2n) is 3.82. The lowest BCUT2D eigenvalue weighted by Crippen LogP contribution is -2.34. The number of rotatable bonds is 5. The average Bonchev–Trinajstić information content (AvgIpc) is 2.66. The zero-order chi connectivity index (χ0) is 10.4. The second kappa shape index (κ2) is 5.98. The van der Waals surface area contributed by atoms with Crippen LogP contribution in [0.2, 0.25) is 0 Å². The monoisotopic (exact) mass is 201 g/mol. The van der Waals surface area contributed by atoms with E-state index in [0.29, 0.717) is 12.8 Å². The number of esters is 1. The smallest absolute Gasteiger partial charge is 0.323 e. The fourth-order valence-corrected chi connectivity index (χ4v) is 1.69. The van der Waals surface area contributed by atoms with Crippen LogP contribution in [0.4, 0.5) is 0 Å². The minimum Gasteiger partial charge on any atom is -0.461 e. The summed E-state index contributed by atoms with van der Waals surface area (Å²) < 4.78 is 5.22. The molecule has 0 aliphatic heterocycles. The molecule has 0 radical (unpaired) electrons. The summed E-state index contributed by atoms with van der Waals surface area (Å²) in [5.74, 6) is -0.314. The van der Waals surface area contributed by atoms with E-state index in [1.54, 1.807) is 0 Å². The lowest BCUT2D eigenvalue weighted by atomic mass is 10.2. The molecule has 1 aliphatic rings. The molecule has 0 aromatic carbocycles. The Bertz CT molecular complexity index is 178. The van der Waals surface area contributed by atoms with E-state index in [2.05, 4.69) is 0 Å². The molecule has 0 bridgehead atoms. The highest BCUT2D eigenvalue weighted by molar-refractivity contribution is 5.75. The summed E-state index contributed by atoms with van der Waals surface area (Å²) in [5.41, 5.74) is 5.60. The molecular weight excluding hydrogens is 182 g/mol. The van der Waals surface area contributed by atoms with Crippen molar-refractivity contribution >= 4 is 5.97 Å². The highest BCUT2D eigenvalue weighted by Crippen LogP contribution is 2.21. The summed E-state index contributed by atoms with van der Waals surface area (Å²) in [5, 5.41) is 8.57. The van der Waals surface area contributed by atoms with Gasteiger partial charge in [0.15, 0.2) is 0 Å². The van der Waals surface area contributed by atoms with Gasteiger partial charge in [-0.25, -0.2) is 0 Å². The number of ether oxygens (including phenoxy) is 1. The molecule has 82 valence electrons. The molecule has 0 aromatic rings. The Morgan fingerprint density at radius 1 is 1.50 bits per heavy atom. The van der Waals surface area contributed by atoms with E-state index >= 15 is 0 Å². The van der Waals surface area contributed by atoms with Crippen molar-refractivity contribution in [2.45, 2.75) is 50.7 Å². The van der Waals surface area contributed by atoms with E-state index in [4.69, 9.17) is 15.6 Å². The van der Waals surface area contributed by atoms with E-state index in [1.807, 2.05) is 0 Å². The Morgan fingerprint density at radius 3 is 2.71 bits per heavy atom. The number of carbonyl (C=O) groups is 1. The van der Waals surface area contributed by atoms with Gasteiger partial charge in [0.2, 0.25) is 0 Å². The van der Waals surface area contributed by atoms with Crippen LogP contribution >= 0.6 is 0 Å². The second-order valence-corrected chi connectivity index (χ2v) is 3.82. The molecule has 1 atom stereocenters. The molecule has 3 N–H and O–H groups in total. The molecule has 1 unspecified atom stereocenters. The maximum atomic E-state index is 11.4. The van der Waals surface area contributed by atoms with Gasteiger partial charge in [-0.2, -0.15) is 0 Å². The molecule has 4 nitrogen and oxygen atoms in total. The Kier molecular flexibility index (Phi) is 4.90. The molecule has 0 amide bonds. The summed E-state index contributed by atoms with van der Waals surface area (Å²) in [7, 11) is 0. The van der Waals surface area contributed by atoms with Crippen molar-refractivity contribution < 1.29 is 14.6 Å². The lowest BCUT2D eigenvalue weighted by molar-refractivity contribution is -0.150. The quantitative estimate of drug-likeness (QED) is 0.638. The van der Waals surface area contributed by atoms with Gasteiger partial charge in [-0.1, -0.05) is 0 Å². The summed E-state index contributed by atoms with van der Waals surface area (Å²) in [6, 6.07) is -0.567. The Hall–Kier alpha value is -0.610. The van der Waals surface area contributed by atoms with Crippen LogP contribution in [0.1, 0.15) is 38.5 Å². The van der Waals surface area contributed by atoms with Crippen LogP contribution in [0.25, 0.3) is 0 Å². The van der Waals surface area contributed by atoms with Crippen LogP contribution in [0.5, 0.6) is 0 Å². The fraction of sp³-hybridized carbons (Fsp3) is 0.900. The first-order chi connectivity index (χ1) is 6.74. The van der Waals surface area contributed by atoms with Crippen molar-refractivity contribution in [2.24, 2.45) is 5.73 Å². The van der Waals surface area contributed by atoms with Gasteiger partial charge < -0.3 is 15.6 Å². The SMILES string of the molecule is NC(CCCO)C(=O)OC1CCCC1. The molecule has 1 saturated carbocycles. The molecule has 0 saturated heterocycles. The van der Waals surface area contributed by atoms with Crippen LogP contribution < -0.4 is 5.73 Å². The van der Waals surface area contributed by atoms with Crippen LogP contribution in [0, 0.1) is 0 Å². The van der Waals surface area contributed by atoms with Gasteiger partial charge in [-0.15, -0.1) is 0 Å². The van der Waals surface area contributed by atoms with E-state index < -0.39 is 6.04 Å². The third-order valence-electron chi connectivity index (χ3n) is 2.56. The molecule has 1 rings (SSSR count). The Balaban J connectivity index is 2.18. The number of hydrogen-bond donors (Lipinski definition) is 2. The summed E-state index contributed by atoms with van der Waals surface area (Å²) in [6.45, 7) is 0.0738. The number of aliphatic hydroxyl groups is 1. The van der Waals surface area contributed by atoms with Crippen molar-refractivity contribution in [1.82, 2.24) is 0 Å². The minimum absolute atomic E-state index is 0.0738. The topological polar surface area (TPSA) is 72.5 Å². The average molecular weight is 201 g/mol. The van der Waals surface area contributed by atoms with Crippen molar-refractivity contribution in [3.63, 3.8) is 0 Å². The largest absolute Gasteiger partial charge is 0.461 e. The molecule has 14 heavy (non-hydrogen) atoms. The maximum absolute atomic E-state index is 11.4. The normalized spacial score (nSPS) is 19.6. The predicted octanol–water partition coefficient (Wildman–Crippen LogP) is 0.572. The van der Waals surface area contributed by atoms with E-state index in [0.717, 1.165) is 25.7 Å². The highest BCUT2D eigenvalue weighted by Gasteiger charge is 2.22. The summed E-state index contributed by atoms with van der Waals surface area (Å²) in [4.78, 5) is 11.4. The van der Waals surface area contributed by atoms with Gasteiger partial charge >= 0.3 is 5.97 Å². The minimum atomic E-state index is -0.567. The van der Waals surface area contributed by atoms with Crippen molar-refractivity contribution in [3.05, 3.63) is 0 Å². The van der Waals surface area contributed by atoms with Crippen LogP contribution in [-0.2, 0) is 9.53 Å². The number of nitrogens with two attached hydrogens (primary N) is 1. The first kappa shape index (κ1) is 11.5. The van der Waals surface area contributed by atoms with Crippen LogP contribution in [0.3, 0.4) is 0 Å². The van der Waals surface area contributed by atoms with Crippen LogP contribution in [-0.4, -0.2) is 29.8 Å². The Labute approximate surface area is 84.4 Å². The van der Waals surface area contributed by atoms with Gasteiger partial charge in [0.25, 0.3) is 0 Å². The Morgan fingerprint density at radius 2 is 2.14 bits per heavy atom. The van der Waals surface area contributed by atoms with Gasteiger partial charge in [0, 0.05) is 6.61 Å². The van der Waals surface area contributed by atoms with Gasteiger partial charge in [-0.3, -0.25) is 4.79 Å². The third-order valence-corrected chi connectivity index (χ3v) is 2.56. The third kappa shape index (κ3) is 3.64. The zero-order valence-electron chi connectivity index (χ0n) is 8.45. The van der Waals surface area contributed by atoms with Gasteiger partial charge in [0.1, 0.15) is 12.1 Å². The van der Waals surface area contributed by atoms with Gasteiger partial charge in [0.05, 0.1) is 0 Å². The molecule has 0 aromatic heterocycles. The predicted molar refractivity (Wildman–Crippen MR) is 52.6 cm³/mol. The van der Waals surface area contributed by atoms with Crippen LogP contribution in [0.15, 0.2) is 0 Å².